The first-order chi connectivity index (χ1) is 11.7. The van der Waals surface area contributed by atoms with E-state index in [0.717, 1.165) is 71.7 Å². The van der Waals surface area contributed by atoms with Crippen LogP contribution >= 0.6 is 0 Å². The summed E-state index contributed by atoms with van der Waals surface area (Å²) in [6, 6.07) is 0.790. The van der Waals surface area contributed by atoms with Crippen molar-refractivity contribution in [3.05, 3.63) is 0 Å². The van der Waals surface area contributed by atoms with Crippen molar-refractivity contribution in [1.29, 1.82) is 0 Å². The Hall–Kier alpha value is -0.690. The van der Waals surface area contributed by atoms with Crippen molar-refractivity contribution in [1.82, 2.24) is 14.7 Å². The van der Waals surface area contributed by atoms with E-state index in [2.05, 4.69) is 14.7 Å². The number of amides is 1. The van der Waals surface area contributed by atoms with Gasteiger partial charge in [-0.2, -0.15) is 0 Å². The quantitative estimate of drug-likeness (QED) is 0.766. The Labute approximate surface area is 145 Å². The lowest BCUT2D eigenvalue weighted by Gasteiger charge is -2.36. The summed E-state index contributed by atoms with van der Waals surface area (Å²) in [6.07, 6.45) is 4.86. The Balaban J connectivity index is 1.53. The largest absolute Gasteiger partial charge is 0.390 e. The molecule has 0 unspecified atom stereocenters. The Bertz CT molecular complexity index is 414. The summed E-state index contributed by atoms with van der Waals surface area (Å²) in [5.41, 5.74) is 0. The molecular formula is C18H33N3O3. The van der Waals surface area contributed by atoms with E-state index in [9.17, 15) is 9.90 Å². The summed E-state index contributed by atoms with van der Waals surface area (Å²) in [4.78, 5) is 19.1. The molecule has 3 saturated heterocycles. The van der Waals surface area contributed by atoms with Gasteiger partial charge in [0.1, 0.15) is 0 Å². The lowest BCUT2D eigenvalue weighted by Crippen LogP contribution is -2.51. The van der Waals surface area contributed by atoms with E-state index >= 15 is 0 Å². The molecule has 0 spiro atoms. The Morgan fingerprint density at radius 3 is 2.54 bits per heavy atom. The van der Waals surface area contributed by atoms with Crippen LogP contribution in [-0.4, -0.2) is 96.4 Å². The number of hydrogen-bond donors (Lipinski definition) is 1. The summed E-state index contributed by atoms with van der Waals surface area (Å²) < 4.78 is 5.37. The molecule has 1 N–H and O–H groups in total. The normalized spacial score (nSPS) is 30.8. The van der Waals surface area contributed by atoms with Gasteiger partial charge >= 0.3 is 0 Å². The fraction of sp³-hybridized carbons (Fsp3) is 0.944. The minimum absolute atomic E-state index is 0.290. The first-order valence-electron chi connectivity index (χ1n) is 9.70. The zero-order valence-electron chi connectivity index (χ0n) is 15.0. The fourth-order valence-corrected chi connectivity index (χ4v) is 4.63. The monoisotopic (exact) mass is 339 g/mol. The van der Waals surface area contributed by atoms with Crippen molar-refractivity contribution in [2.75, 3.05) is 52.5 Å². The number of hydrogen-bond acceptors (Lipinski definition) is 5. The first kappa shape index (κ1) is 18.1. The molecule has 0 aromatic heterocycles. The number of carbonyl (C=O) groups is 1. The van der Waals surface area contributed by atoms with Crippen molar-refractivity contribution in [3.8, 4) is 0 Å². The number of morpholine rings is 1. The van der Waals surface area contributed by atoms with E-state index in [0.29, 0.717) is 24.4 Å². The maximum Gasteiger partial charge on any atom is 0.222 e. The second-order valence-electron chi connectivity index (χ2n) is 7.42. The highest BCUT2D eigenvalue weighted by Gasteiger charge is 2.39. The number of β-amino-alcohol motifs (C(OH)–C–C–N with tert-alkyl or cyclic N) is 1. The average molecular weight is 339 g/mol. The molecule has 3 aliphatic rings. The number of aliphatic hydroxyl groups excluding tert-OH is 1. The molecule has 138 valence electrons. The smallest absolute Gasteiger partial charge is 0.222 e. The van der Waals surface area contributed by atoms with Crippen LogP contribution in [0.15, 0.2) is 0 Å². The van der Waals surface area contributed by atoms with Crippen LogP contribution in [0.4, 0.5) is 0 Å². The van der Waals surface area contributed by atoms with Gasteiger partial charge in [0.15, 0.2) is 0 Å². The molecule has 0 aromatic carbocycles. The predicted molar refractivity (Wildman–Crippen MR) is 92.9 cm³/mol. The van der Waals surface area contributed by atoms with Gasteiger partial charge in [-0.3, -0.25) is 14.6 Å². The third-order valence-corrected chi connectivity index (χ3v) is 5.80. The van der Waals surface area contributed by atoms with Crippen LogP contribution < -0.4 is 0 Å². The highest BCUT2D eigenvalue weighted by molar-refractivity contribution is 5.76. The second kappa shape index (κ2) is 8.61. The van der Waals surface area contributed by atoms with E-state index in [4.69, 9.17) is 4.74 Å². The summed E-state index contributed by atoms with van der Waals surface area (Å²) in [7, 11) is 0. The van der Waals surface area contributed by atoms with Crippen LogP contribution in [0.3, 0.4) is 0 Å². The van der Waals surface area contributed by atoms with Crippen molar-refractivity contribution in [3.63, 3.8) is 0 Å². The molecule has 24 heavy (non-hydrogen) atoms. The maximum atomic E-state index is 12.2. The predicted octanol–water partition coefficient (Wildman–Crippen LogP) is 0.545. The van der Waals surface area contributed by atoms with Crippen molar-refractivity contribution in [2.24, 2.45) is 0 Å². The molecule has 3 aliphatic heterocycles. The fourth-order valence-electron chi connectivity index (χ4n) is 4.63. The average Bonchev–Trinajstić information content (AvgIpc) is 3.23. The van der Waals surface area contributed by atoms with Crippen molar-refractivity contribution >= 4 is 5.91 Å². The number of ether oxygens (including phenoxy) is 1. The number of likely N-dealkylation sites (tertiary alicyclic amines) is 2. The number of carbonyl (C=O) groups excluding carboxylic acids is 1. The standard InChI is InChI=1S/C18H33N3O3/c1-2-18(23)21-8-4-6-17(21)16-5-3-7-20(16)14-15(22)13-19-9-11-24-12-10-19/h15-17,22H,2-14H2,1H3/t15-,16+,17+/m0/s1. The molecule has 3 fully saturated rings. The van der Waals surface area contributed by atoms with Gasteiger partial charge in [0.25, 0.3) is 0 Å². The zero-order chi connectivity index (χ0) is 16.9. The Morgan fingerprint density at radius 2 is 1.79 bits per heavy atom. The first-order valence-corrected chi connectivity index (χ1v) is 9.70. The third-order valence-electron chi connectivity index (χ3n) is 5.80. The lowest BCUT2D eigenvalue weighted by molar-refractivity contribution is -0.132. The minimum Gasteiger partial charge on any atom is -0.390 e. The lowest BCUT2D eigenvalue weighted by atomic mass is 10.0. The molecule has 6 heteroatoms. The molecule has 0 aliphatic carbocycles. The molecule has 3 heterocycles. The number of nitrogens with zero attached hydrogens (tertiary/aromatic N) is 3. The van der Waals surface area contributed by atoms with Gasteiger partial charge in [-0.05, 0) is 32.2 Å². The molecule has 3 atom stereocenters. The third kappa shape index (κ3) is 4.28. The Kier molecular flexibility index (Phi) is 6.49. The summed E-state index contributed by atoms with van der Waals surface area (Å²) in [5.74, 6) is 0.290. The topological polar surface area (TPSA) is 56.2 Å². The Morgan fingerprint density at radius 1 is 1.08 bits per heavy atom. The van der Waals surface area contributed by atoms with E-state index in [-0.39, 0.29) is 6.10 Å². The van der Waals surface area contributed by atoms with Crippen LogP contribution in [0.5, 0.6) is 0 Å². The van der Waals surface area contributed by atoms with Gasteiger partial charge in [-0.1, -0.05) is 6.92 Å². The molecule has 0 aromatic rings. The minimum atomic E-state index is -0.319. The van der Waals surface area contributed by atoms with Crippen LogP contribution in [0.25, 0.3) is 0 Å². The van der Waals surface area contributed by atoms with E-state index in [1.165, 1.54) is 6.42 Å². The SMILES string of the molecule is CCC(=O)N1CCC[C@@H]1[C@H]1CCCN1C[C@@H](O)CN1CCOCC1. The number of aliphatic hydroxyl groups is 1. The van der Waals surface area contributed by atoms with Crippen molar-refractivity contribution in [2.45, 2.75) is 57.2 Å². The highest BCUT2D eigenvalue weighted by atomic mass is 16.5. The molecule has 3 rings (SSSR count). The van der Waals surface area contributed by atoms with Gasteiger partial charge in [0, 0.05) is 51.2 Å². The summed E-state index contributed by atoms with van der Waals surface area (Å²) >= 11 is 0. The van der Waals surface area contributed by atoms with Crippen molar-refractivity contribution < 1.29 is 14.6 Å². The van der Waals surface area contributed by atoms with E-state index in [1.807, 2.05) is 6.92 Å². The van der Waals surface area contributed by atoms with E-state index in [1.54, 1.807) is 0 Å². The molecule has 6 nitrogen and oxygen atoms in total. The summed E-state index contributed by atoms with van der Waals surface area (Å²) in [6.45, 7) is 8.76. The zero-order valence-corrected chi connectivity index (χ0v) is 15.0. The molecule has 1 amide bonds. The van der Waals surface area contributed by atoms with Gasteiger partial charge < -0.3 is 14.7 Å². The summed E-state index contributed by atoms with van der Waals surface area (Å²) in [5, 5.41) is 10.5. The van der Waals surface area contributed by atoms with Crippen LogP contribution in [0, 0.1) is 0 Å². The van der Waals surface area contributed by atoms with Crippen LogP contribution in [0.2, 0.25) is 0 Å². The van der Waals surface area contributed by atoms with Gasteiger partial charge in [-0.15, -0.1) is 0 Å². The van der Waals surface area contributed by atoms with Gasteiger partial charge in [0.05, 0.1) is 19.3 Å². The molecule has 0 bridgehead atoms. The van der Waals surface area contributed by atoms with Gasteiger partial charge in [-0.25, -0.2) is 0 Å². The van der Waals surface area contributed by atoms with Gasteiger partial charge in [0.2, 0.25) is 5.91 Å². The highest BCUT2D eigenvalue weighted by Crippen LogP contribution is 2.30. The number of rotatable bonds is 6. The van der Waals surface area contributed by atoms with E-state index < -0.39 is 0 Å². The maximum absolute atomic E-state index is 12.2. The molecule has 0 saturated carbocycles. The molecular weight excluding hydrogens is 306 g/mol. The molecule has 0 radical (unpaired) electrons. The second-order valence-corrected chi connectivity index (χ2v) is 7.42. The van der Waals surface area contributed by atoms with Crippen LogP contribution in [0.1, 0.15) is 39.0 Å². The van der Waals surface area contributed by atoms with Crippen LogP contribution in [-0.2, 0) is 9.53 Å².